The topological polar surface area (TPSA) is 124 Å². The minimum atomic E-state index is -4.07. The van der Waals surface area contributed by atoms with Crippen LogP contribution < -0.4 is 14.4 Å². The molecule has 0 radical (unpaired) electrons. The van der Waals surface area contributed by atoms with E-state index in [1.807, 2.05) is 41.5 Å². The van der Waals surface area contributed by atoms with Crippen LogP contribution in [0.25, 0.3) is 17.1 Å². The fourth-order valence-electron chi connectivity index (χ4n) is 5.53. The molecule has 10 nitrogen and oxygen atoms in total. The van der Waals surface area contributed by atoms with Crippen molar-refractivity contribution >= 4 is 95.1 Å². The van der Waals surface area contributed by atoms with E-state index in [-0.39, 0.29) is 24.3 Å². The van der Waals surface area contributed by atoms with Gasteiger partial charge in [-0.15, -0.1) is 0 Å². The van der Waals surface area contributed by atoms with Gasteiger partial charge in [0.2, 0.25) is 0 Å². The Morgan fingerprint density at radius 1 is 0.756 bits per heavy atom. The van der Waals surface area contributed by atoms with Crippen LogP contribution in [0.1, 0.15) is 45.4 Å². The second-order valence-corrected chi connectivity index (χ2v) is 15.3. The predicted molar refractivity (Wildman–Crippen MR) is 183 cm³/mol. The molecule has 3 aromatic rings. The van der Waals surface area contributed by atoms with E-state index in [0.29, 0.717) is 59.1 Å². The molecule has 0 atom stereocenters. The van der Waals surface area contributed by atoms with Crippen LogP contribution in [0.4, 0.5) is 11.4 Å². The molecule has 2 N–H and O–H groups in total. The number of hydrogen-bond donors (Lipinski definition) is 2. The molecule has 0 spiro atoms. The number of aromatic nitrogens is 2. The molecule has 1 aromatic heterocycles. The number of nitrogens with zero attached hydrogens (tertiary/aromatic N) is 4. The lowest BCUT2D eigenvalue weighted by Gasteiger charge is -2.24. The smallest absolute Gasteiger partial charge is 0.282 e. The summed E-state index contributed by atoms with van der Waals surface area (Å²) in [7, 11) is -8.13. The number of imidazole rings is 1. The maximum absolute atomic E-state index is 11.3. The summed E-state index contributed by atoms with van der Waals surface area (Å²) in [5.41, 5.74) is 3.39. The zero-order chi connectivity index (χ0) is 33.1. The Balaban J connectivity index is 1.75. The number of allylic oxidation sites excluding steroid dienone is 2. The van der Waals surface area contributed by atoms with Crippen LogP contribution >= 0.6 is 46.4 Å². The summed E-state index contributed by atoms with van der Waals surface area (Å²) in [6.07, 6.45) is 7.36. The van der Waals surface area contributed by atoms with Crippen molar-refractivity contribution in [2.24, 2.45) is 0 Å². The monoisotopic (exact) mass is 739 g/mol. The van der Waals surface area contributed by atoms with Crippen molar-refractivity contribution in [3.63, 3.8) is 0 Å². The van der Waals surface area contributed by atoms with E-state index in [4.69, 9.17) is 46.4 Å². The van der Waals surface area contributed by atoms with Crippen molar-refractivity contribution in [2.45, 2.75) is 52.6 Å². The van der Waals surface area contributed by atoms with Gasteiger partial charge in [-0.1, -0.05) is 52.5 Å². The predicted octanol–water partition coefficient (Wildman–Crippen LogP) is 7.10. The maximum Gasteiger partial charge on any atom is 0.282 e. The van der Waals surface area contributed by atoms with Crippen LogP contribution in [0, 0.1) is 0 Å². The number of fused-ring (bicyclic) bond motifs is 2. The third-order valence-corrected chi connectivity index (χ3v) is 10.5. The molecule has 2 heterocycles. The molecule has 0 fully saturated rings. The second kappa shape index (κ2) is 14.8. The third kappa shape index (κ3) is 8.66. The molecule has 0 unspecified atom stereocenters. The standard InChI is InChI=1S/C29H34Cl4N4O6S2/c1-3-34-24-16-20(30)22(32)18-26(24)36(12-5-7-14-44(38,39)40)28(34)10-9-11-29-35(4-2)25-17-21(31)23(33)19-27(25)37(29)13-6-8-15-45(41,42)43/h9-11,16-19H,3-8,12-15H2,1-2H3,(H-,38,39,40,41,42,43)/p+1. The number of unbranched alkanes of at least 4 members (excludes halogenated alkanes) is 2. The van der Waals surface area contributed by atoms with Crippen LogP contribution in [0.5, 0.6) is 0 Å². The van der Waals surface area contributed by atoms with E-state index in [1.165, 1.54) is 0 Å². The highest BCUT2D eigenvalue weighted by Gasteiger charge is 2.31. The molecule has 0 aliphatic carbocycles. The van der Waals surface area contributed by atoms with Gasteiger partial charge in [0, 0.05) is 31.3 Å². The van der Waals surface area contributed by atoms with Crippen molar-refractivity contribution in [3.05, 3.63) is 68.2 Å². The fraction of sp³-hybridized carbons (Fsp3) is 0.414. The number of rotatable bonds is 14. The summed E-state index contributed by atoms with van der Waals surface area (Å²) < 4.78 is 67.6. The first-order valence-electron chi connectivity index (χ1n) is 14.4. The molecule has 16 heteroatoms. The zero-order valence-corrected chi connectivity index (χ0v) is 29.4. The Hall–Kier alpha value is -2.03. The van der Waals surface area contributed by atoms with Gasteiger partial charge in [0.15, 0.2) is 11.0 Å². The Labute approximate surface area is 283 Å². The summed E-state index contributed by atoms with van der Waals surface area (Å²) in [6.45, 7) is 6.19. The van der Waals surface area contributed by atoms with E-state index in [9.17, 15) is 25.9 Å². The lowest BCUT2D eigenvalue weighted by molar-refractivity contribution is -0.674. The molecule has 4 rings (SSSR count). The zero-order valence-electron chi connectivity index (χ0n) is 24.8. The first-order chi connectivity index (χ1) is 21.1. The Kier molecular flexibility index (Phi) is 11.8. The van der Waals surface area contributed by atoms with Crippen molar-refractivity contribution in [3.8, 4) is 0 Å². The van der Waals surface area contributed by atoms with Crippen LogP contribution in [0.15, 0.2) is 42.2 Å². The molecular weight excluding hydrogens is 706 g/mol. The lowest BCUT2D eigenvalue weighted by atomic mass is 10.2. The summed E-state index contributed by atoms with van der Waals surface area (Å²) >= 11 is 25.6. The number of hydrogen-bond acceptors (Lipinski definition) is 6. The number of anilines is 2. The normalized spacial score (nSPS) is 14.9. The van der Waals surface area contributed by atoms with Crippen LogP contribution in [0.2, 0.25) is 20.1 Å². The van der Waals surface area contributed by atoms with Gasteiger partial charge in [-0.05, 0) is 57.7 Å². The van der Waals surface area contributed by atoms with E-state index in [1.54, 1.807) is 24.3 Å². The second-order valence-electron chi connectivity index (χ2n) is 10.5. The number of aryl methyl sites for hydroxylation is 2. The van der Waals surface area contributed by atoms with Crippen LogP contribution in [0.3, 0.4) is 0 Å². The molecule has 1 aliphatic rings. The Morgan fingerprint density at radius 3 is 1.89 bits per heavy atom. The molecule has 2 aromatic carbocycles. The van der Waals surface area contributed by atoms with Gasteiger partial charge in [-0.3, -0.25) is 9.11 Å². The molecule has 246 valence electrons. The summed E-state index contributed by atoms with van der Waals surface area (Å²) in [4.78, 5) is 4.14. The van der Waals surface area contributed by atoms with Crippen molar-refractivity contribution < 1.29 is 30.5 Å². The maximum atomic E-state index is 11.3. The largest absolute Gasteiger partial charge is 0.326 e. The first kappa shape index (κ1) is 35.8. The van der Waals surface area contributed by atoms with E-state index >= 15 is 0 Å². The average Bonchev–Trinajstić information content (AvgIpc) is 3.38. The van der Waals surface area contributed by atoms with Gasteiger partial charge < -0.3 is 9.80 Å². The molecule has 0 bridgehead atoms. The summed E-state index contributed by atoms with van der Waals surface area (Å²) in [5, 5.41) is 1.62. The fourth-order valence-corrected chi connectivity index (χ4v) is 7.29. The Morgan fingerprint density at radius 2 is 1.31 bits per heavy atom. The SMILES string of the molecule is CCN1C(=CC=Cc2n(CC)c3cc(Cl)c(Cl)cc3[n+]2CCCCS(=O)(=O)O)N(CCCCS(=O)(=O)O)c2cc(Cl)c(Cl)cc21. The molecule has 0 saturated carbocycles. The van der Waals surface area contributed by atoms with Crippen molar-refractivity contribution in [1.29, 1.82) is 0 Å². The van der Waals surface area contributed by atoms with Gasteiger partial charge in [0.05, 0.1) is 56.1 Å². The lowest BCUT2D eigenvalue weighted by Crippen LogP contribution is -2.36. The molecule has 0 amide bonds. The van der Waals surface area contributed by atoms with Gasteiger partial charge in [0.1, 0.15) is 5.82 Å². The molecular formula is C29H35Cl4N4O6S2+. The highest BCUT2D eigenvalue weighted by atomic mass is 35.5. The Bertz CT molecular complexity index is 1860. The van der Waals surface area contributed by atoms with E-state index in [2.05, 4.69) is 9.47 Å². The van der Waals surface area contributed by atoms with E-state index < -0.39 is 20.2 Å². The van der Waals surface area contributed by atoms with Crippen molar-refractivity contribution in [1.82, 2.24) is 4.57 Å². The minimum Gasteiger partial charge on any atom is -0.326 e. The summed E-state index contributed by atoms with van der Waals surface area (Å²) in [5.74, 6) is 1.01. The van der Waals surface area contributed by atoms with Crippen molar-refractivity contribution in [2.75, 3.05) is 34.4 Å². The quantitative estimate of drug-likeness (QED) is 0.102. The van der Waals surface area contributed by atoms with Gasteiger partial charge in [-0.25, -0.2) is 9.13 Å². The van der Waals surface area contributed by atoms with Gasteiger partial charge in [0.25, 0.3) is 26.1 Å². The summed E-state index contributed by atoms with van der Waals surface area (Å²) in [6, 6.07) is 7.19. The average molecular weight is 742 g/mol. The highest BCUT2D eigenvalue weighted by molar-refractivity contribution is 7.86. The third-order valence-electron chi connectivity index (χ3n) is 7.50. The molecule has 45 heavy (non-hydrogen) atoms. The minimum absolute atomic E-state index is 0.278. The molecule has 1 aliphatic heterocycles. The number of benzene rings is 2. The number of halogens is 4. The van der Waals surface area contributed by atoms with Crippen LogP contribution in [-0.4, -0.2) is 55.1 Å². The van der Waals surface area contributed by atoms with Gasteiger partial charge in [-0.2, -0.15) is 16.8 Å². The van der Waals surface area contributed by atoms with Gasteiger partial charge >= 0.3 is 0 Å². The first-order valence-corrected chi connectivity index (χ1v) is 19.1. The molecule has 0 saturated heterocycles. The van der Waals surface area contributed by atoms with E-state index in [0.717, 1.165) is 34.1 Å². The highest BCUT2D eigenvalue weighted by Crippen LogP contribution is 2.45. The van der Waals surface area contributed by atoms with Crippen LogP contribution in [-0.2, 0) is 33.3 Å².